The smallest absolute Gasteiger partial charge is 0.326 e. The Morgan fingerprint density at radius 1 is 0.820 bits per heavy atom. The van der Waals surface area contributed by atoms with Crippen molar-refractivity contribution in [3.63, 3.8) is 0 Å². The lowest BCUT2D eigenvalue weighted by Gasteiger charge is -2.39. The fourth-order valence-electron chi connectivity index (χ4n) is 6.86. The van der Waals surface area contributed by atoms with Gasteiger partial charge in [-0.1, -0.05) is 47.5 Å². The molecule has 3 aliphatic rings. The molecule has 3 aromatic rings. The molecule has 10 nitrogen and oxygen atoms in total. The highest BCUT2D eigenvalue weighted by Gasteiger charge is 2.45. The number of piperazine rings is 1. The van der Waals surface area contributed by atoms with Crippen molar-refractivity contribution in [3.8, 4) is 5.75 Å². The van der Waals surface area contributed by atoms with Gasteiger partial charge in [0.05, 0.1) is 24.0 Å². The first kappa shape index (κ1) is 36.2. The van der Waals surface area contributed by atoms with E-state index in [1.807, 2.05) is 66.4 Å². The Morgan fingerprint density at radius 2 is 1.44 bits per heavy atom. The van der Waals surface area contributed by atoms with Gasteiger partial charge >= 0.3 is 6.03 Å². The number of hydrogen-bond acceptors (Lipinski definition) is 7. The Kier molecular flexibility index (Phi) is 11.4. The summed E-state index contributed by atoms with van der Waals surface area (Å²) < 4.78 is 29.8. The predicted octanol–water partition coefficient (Wildman–Crippen LogP) is 6.35. The van der Waals surface area contributed by atoms with Gasteiger partial charge in [0.1, 0.15) is 27.5 Å². The number of sulfone groups is 1. The maximum absolute atomic E-state index is 14.8. The second-order valence-corrected chi connectivity index (χ2v) is 16.2. The Balaban J connectivity index is 1.41. The van der Waals surface area contributed by atoms with E-state index in [9.17, 15) is 18.0 Å². The van der Waals surface area contributed by atoms with Crippen LogP contribution >= 0.6 is 23.2 Å². The molecule has 2 atom stereocenters. The average molecular weight is 741 g/mol. The van der Waals surface area contributed by atoms with Crippen LogP contribution in [-0.4, -0.2) is 110 Å². The number of aliphatic imine (C=N–C) groups is 1. The number of piperidine rings is 1. The van der Waals surface area contributed by atoms with Gasteiger partial charge in [-0.15, -0.1) is 0 Å². The summed E-state index contributed by atoms with van der Waals surface area (Å²) in [5, 5.41) is 1.17. The molecule has 0 spiro atoms. The van der Waals surface area contributed by atoms with Crippen LogP contribution in [0.2, 0.25) is 10.0 Å². The van der Waals surface area contributed by atoms with Gasteiger partial charge in [-0.3, -0.25) is 19.6 Å². The molecule has 0 unspecified atom stereocenters. The number of ether oxygens (including phenoxy) is 1. The molecule has 3 heterocycles. The van der Waals surface area contributed by atoms with Gasteiger partial charge in [0, 0.05) is 67.7 Å². The van der Waals surface area contributed by atoms with Crippen LogP contribution in [0, 0.1) is 0 Å². The number of urea groups is 1. The van der Waals surface area contributed by atoms with Crippen LogP contribution in [0.4, 0.5) is 4.79 Å². The van der Waals surface area contributed by atoms with Crippen LogP contribution in [0.1, 0.15) is 65.3 Å². The molecule has 0 N–H and O–H groups in total. The third-order valence-electron chi connectivity index (χ3n) is 9.53. The third-order valence-corrected chi connectivity index (χ3v) is 11.0. The predicted molar refractivity (Wildman–Crippen MR) is 197 cm³/mol. The van der Waals surface area contributed by atoms with Gasteiger partial charge in [0.25, 0.3) is 5.91 Å². The molecule has 2 saturated heterocycles. The van der Waals surface area contributed by atoms with Gasteiger partial charge in [0.15, 0.2) is 0 Å². The maximum atomic E-state index is 14.8. The van der Waals surface area contributed by atoms with E-state index in [4.69, 9.17) is 32.9 Å². The molecular formula is C37H43Cl2N5O5S. The van der Waals surface area contributed by atoms with E-state index < -0.39 is 21.9 Å². The molecule has 6 rings (SSSR count). The highest BCUT2D eigenvalue weighted by molar-refractivity contribution is 7.90. The molecule has 0 bridgehead atoms. The number of amidine groups is 1. The van der Waals surface area contributed by atoms with E-state index in [0.29, 0.717) is 72.1 Å². The van der Waals surface area contributed by atoms with Gasteiger partial charge in [-0.25, -0.2) is 13.2 Å². The van der Waals surface area contributed by atoms with Gasteiger partial charge in [-0.2, -0.15) is 0 Å². The van der Waals surface area contributed by atoms with Crippen LogP contribution in [0.5, 0.6) is 5.75 Å². The quantitative estimate of drug-likeness (QED) is 0.254. The summed E-state index contributed by atoms with van der Waals surface area (Å²) in [4.78, 5) is 41.2. The zero-order chi connectivity index (χ0) is 35.4. The summed E-state index contributed by atoms with van der Waals surface area (Å²) >= 11 is 12.6. The molecule has 13 heteroatoms. The van der Waals surface area contributed by atoms with Gasteiger partial charge < -0.3 is 14.5 Å². The topological polar surface area (TPSA) is 103 Å². The lowest BCUT2D eigenvalue weighted by Crippen LogP contribution is -2.54. The standard InChI is InChI=1S/C37H43Cl2N5O5S/c1-3-49-32-25-28(36(45)42-17-5-4-6-18-42)11-16-31(32)35-40-33(26-7-12-29(38)13-8-26)34(27-9-14-30(39)15-10-27)44(35)37(46)43-21-19-41(20-22-43)23-24-50(2,47)48/h7-16,25,33-34H,3-6,17-24H2,1-2H3/t33-,34+/m0/s1. The van der Waals surface area contributed by atoms with Crippen LogP contribution in [0.15, 0.2) is 71.7 Å². The van der Waals surface area contributed by atoms with E-state index >= 15 is 0 Å². The van der Waals surface area contributed by atoms with Crippen molar-refractivity contribution in [2.75, 3.05) is 64.4 Å². The summed E-state index contributed by atoms with van der Waals surface area (Å²) in [7, 11) is -3.10. The Labute approximate surface area is 304 Å². The minimum Gasteiger partial charge on any atom is -0.493 e. The third kappa shape index (κ3) is 8.28. The number of halogens is 2. The number of carbonyl (C=O) groups excluding carboxylic acids is 2. The van der Waals surface area contributed by atoms with Crippen molar-refractivity contribution in [2.45, 2.75) is 38.3 Å². The van der Waals surface area contributed by atoms with Crippen molar-refractivity contribution in [2.24, 2.45) is 4.99 Å². The van der Waals surface area contributed by atoms with Crippen molar-refractivity contribution < 1.29 is 22.7 Å². The summed E-state index contributed by atoms with van der Waals surface area (Å²) in [5.74, 6) is 0.950. The van der Waals surface area contributed by atoms with Crippen LogP contribution < -0.4 is 4.74 Å². The molecule has 50 heavy (non-hydrogen) atoms. The normalized spacial score (nSPS) is 20.2. The van der Waals surface area contributed by atoms with E-state index in [1.165, 1.54) is 6.26 Å². The van der Waals surface area contributed by atoms with E-state index in [-0.39, 0.29) is 17.7 Å². The molecule has 3 aliphatic heterocycles. The SMILES string of the molecule is CCOc1cc(C(=O)N2CCCCC2)ccc1C1=N[C@@H](c2ccc(Cl)cc2)[C@@H](c2ccc(Cl)cc2)N1C(=O)N1CCN(CCS(C)(=O)=O)CC1. The van der Waals surface area contributed by atoms with Crippen molar-refractivity contribution in [1.29, 1.82) is 0 Å². The van der Waals surface area contributed by atoms with Gasteiger partial charge in [0.2, 0.25) is 0 Å². The second kappa shape index (κ2) is 15.7. The molecule has 3 amide bonds. The second-order valence-electron chi connectivity index (χ2n) is 13.1. The number of carbonyl (C=O) groups is 2. The lowest BCUT2D eigenvalue weighted by molar-refractivity contribution is 0.0723. The number of rotatable bonds is 9. The van der Waals surface area contributed by atoms with E-state index in [1.54, 1.807) is 21.9 Å². The first-order valence-electron chi connectivity index (χ1n) is 17.2. The minimum absolute atomic E-state index is 0.0367. The largest absolute Gasteiger partial charge is 0.493 e. The highest BCUT2D eigenvalue weighted by Crippen LogP contribution is 2.45. The summed E-state index contributed by atoms with van der Waals surface area (Å²) in [6.07, 6.45) is 4.33. The maximum Gasteiger partial charge on any atom is 0.326 e. The number of likely N-dealkylation sites (tertiary alicyclic amines) is 1. The Hall–Kier alpha value is -3.64. The molecule has 0 radical (unpaired) electrons. The minimum atomic E-state index is -3.10. The molecule has 2 fully saturated rings. The van der Waals surface area contributed by atoms with Crippen LogP contribution in [-0.2, 0) is 9.84 Å². The van der Waals surface area contributed by atoms with Crippen LogP contribution in [0.3, 0.4) is 0 Å². The van der Waals surface area contributed by atoms with Crippen molar-refractivity contribution in [1.82, 2.24) is 19.6 Å². The number of nitrogens with zero attached hydrogens (tertiary/aromatic N) is 5. The highest BCUT2D eigenvalue weighted by atomic mass is 35.5. The van der Waals surface area contributed by atoms with Crippen LogP contribution in [0.25, 0.3) is 0 Å². The van der Waals surface area contributed by atoms with Gasteiger partial charge in [-0.05, 0) is 79.8 Å². The monoisotopic (exact) mass is 739 g/mol. The fraction of sp³-hybridized carbons (Fsp3) is 0.432. The first-order valence-corrected chi connectivity index (χ1v) is 20.0. The zero-order valence-electron chi connectivity index (χ0n) is 28.4. The molecule has 3 aromatic carbocycles. The Bertz CT molecular complexity index is 1820. The zero-order valence-corrected chi connectivity index (χ0v) is 30.8. The summed E-state index contributed by atoms with van der Waals surface area (Å²) in [5.41, 5.74) is 2.87. The fourth-order valence-corrected chi connectivity index (χ4v) is 7.70. The van der Waals surface area contributed by atoms with E-state index in [0.717, 1.165) is 43.5 Å². The molecule has 266 valence electrons. The molecule has 0 aromatic heterocycles. The molecule has 0 saturated carbocycles. The Morgan fingerprint density at radius 3 is 2.04 bits per heavy atom. The number of hydrogen-bond donors (Lipinski definition) is 0. The molecule has 0 aliphatic carbocycles. The first-order chi connectivity index (χ1) is 24.0. The number of benzene rings is 3. The molecular weight excluding hydrogens is 697 g/mol. The average Bonchev–Trinajstić information content (AvgIpc) is 3.51. The van der Waals surface area contributed by atoms with Crippen molar-refractivity contribution in [3.05, 3.63) is 99.0 Å². The van der Waals surface area contributed by atoms with Crippen molar-refractivity contribution >= 4 is 50.8 Å². The lowest BCUT2D eigenvalue weighted by atomic mass is 9.93. The summed E-state index contributed by atoms with van der Waals surface area (Å²) in [6.45, 7) is 6.06. The number of amides is 3. The van der Waals surface area contributed by atoms with E-state index in [2.05, 4.69) is 4.90 Å². The summed E-state index contributed by atoms with van der Waals surface area (Å²) in [6, 6.07) is 19.1.